The van der Waals surface area contributed by atoms with E-state index in [2.05, 4.69) is 43.8 Å². The van der Waals surface area contributed by atoms with Crippen LogP contribution in [0, 0.1) is 18.3 Å². The van der Waals surface area contributed by atoms with Gasteiger partial charge in [0.25, 0.3) is 0 Å². The zero-order valence-electron chi connectivity index (χ0n) is 9.98. The molecular formula is C16H15N. The van der Waals surface area contributed by atoms with Gasteiger partial charge in [0.05, 0.1) is 12.0 Å². The molecule has 0 radical (unpaired) electrons. The van der Waals surface area contributed by atoms with Gasteiger partial charge in [-0.2, -0.15) is 5.26 Å². The van der Waals surface area contributed by atoms with Gasteiger partial charge in [0, 0.05) is 0 Å². The molecule has 0 saturated carbocycles. The zero-order chi connectivity index (χ0) is 12.3. The van der Waals surface area contributed by atoms with Gasteiger partial charge in [0.15, 0.2) is 0 Å². The number of rotatable bonds is 3. The second kappa shape index (κ2) is 4.84. The first kappa shape index (κ1) is 11.4. The fourth-order valence-electron chi connectivity index (χ4n) is 2.19. The normalized spacial score (nSPS) is 12.0. The minimum atomic E-state index is -0.0991. The molecule has 1 unspecified atom stereocenters. The van der Waals surface area contributed by atoms with Gasteiger partial charge in [0.2, 0.25) is 0 Å². The van der Waals surface area contributed by atoms with Crippen LogP contribution in [0.1, 0.15) is 23.5 Å². The number of allylic oxidation sites excluding steroid dienone is 1. The van der Waals surface area contributed by atoms with Gasteiger partial charge in [-0.25, -0.2) is 0 Å². The molecule has 0 heterocycles. The predicted octanol–water partition coefficient (Wildman–Crippen LogP) is 4.33. The summed E-state index contributed by atoms with van der Waals surface area (Å²) in [6, 6.07) is 14.8. The molecule has 2 aromatic rings. The lowest BCUT2D eigenvalue weighted by Crippen LogP contribution is -1.96. The van der Waals surface area contributed by atoms with Crippen LogP contribution in [-0.2, 0) is 0 Å². The van der Waals surface area contributed by atoms with Crippen molar-refractivity contribution in [2.24, 2.45) is 0 Å². The summed E-state index contributed by atoms with van der Waals surface area (Å²) in [5, 5.41) is 11.7. The Morgan fingerprint density at radius 3 is 2.59 bits per heavy atom. The van der Waals surface area contributed by atoms with Crippen LogP contribution in [0.5, 0.6) is 0 Å². The molecule has 0 aromatic heterocycles. The van der Waals surface area contributed by atoms with E-state index in [9.17, 15) is 5.26 Å². The lowest BCUT2D eigenvalue weighted by Gasteiger charge is -2.12. The van der Waals surface area contributed by atoms with Crippen molar-refractivity contribution in [3.05, 3.63) is 60.2 Å². The summed E-state index contributed by atoms with van der Waals surface area (Å²) in [6.45, 7) is 5.82. The van der Waals surface area contributed by atoms with E-state index in [0.717, 1.165) is 5.56 Å². The van der Waals surface area contributed by atoms with Crippen molar-refractivity contribution in [2.75, 3.05) is 0 Å². The van der Waals surface area contributed by atoms with Crippen LogP contribution in [0.4, 0.5) is 0 Å². The maximum Gasteiger partial charge on any atom is 0.0753 e. The van der Waals surface area contributed by atoms with Crippen molar-refractivity contribution in [3.8, 4) is 6.07 Å². The Labute approximate surface area is 102 Å². The molecule has 1 atom stereocenters. The van der Waals surface area contributed by atoms with Crippen molar-refractivity contribution in [1.82, 2.24) is 0 Å². The summed E-state index contributed by atoms with van der Waals surface area (Å²) in [5.74, 6) is -0.0991. The van der Waals surface area contributed by atoms with Crippen LogP contribution in [0.2, 0.25) is 0 Å². The fourth-order valence-corrected chi connectivity index (χ4v) is 2.19. The van der Waals surface area contributed by atoms with E-state index in [1.165, 1.54) is 16.3 Å². The van der Waals surface area contributed by atoms with E-state index in [0.29, 0.717) is 6.42 Å². The Morgan fingerprint density at radius 2 is 1.94 bits per heavy atom. The van der Waals surface area contributed by atoms with Gasteiger partial charge in [-0.1, -0.05) is 42.5 Å². The largest absolute Gasteiger partial charge is 0.198 e. The highest BCUT2D eigenvalue weighted by Gasteiger charge is 2.12. The second-order valence-corrected chi connectivity index (χ2v) is 4.22. The molecule has 84 valence electrons. The molecule has 0 bridgehead atoms. The Balaban J connectivity index is 2.66. The third-order valence-corrected chi connectivity index (χ3v) is 3.11. The molecule has 0 amide bonds. The lowest BCUT2D eigenvalue weighted by molar-refractivity contribution is 0.887. The average Bonchev–Trinajstić information content (AvgIpc) is 2.37. The van der Waals surface area contributed by atoms with E-state index in [4.69, 9.17) is 0 Å². The standard InChI is InChI=1S/C16H15N/c1-3-6-13(11-17)15-10-9-12(2)14-7-4-5-8-16(14)15/h3-5,7-10,13H,1,6H2,2H3. The van der Waals surface area contributed by atoms with Crippen LogP contribution in [0.15, 0.2) is 49.1 Å². The summed E-state index contributed by atoms with van der Waals surface area (Å²) in [4.78, 5) is 0. The molecule has 1 heteroatoms. The van der Waals surface area contributed by atoms with Crippen molar-refractivity contribution in [3.63, 3.8) is 0 Å². The maximum absolute atomic E-state index is 9.24. The topological polar surface area (TPSA) is 23.8 Å². The third-order valence-electron chi connectivity index (χ3n) is 3.11. The van der Waals surface area contributed by atoms with Gasteiger partial charge in [-0.15, -0.1) is 6.58 Å². The summed E-state index contributed by atoms with van der Waals surface area (Å²) < 4.78 is 0. The van der Waals surface area contributed by atoms with E-state index in [-0.39, 0.29) is 5.92 Å². The van der Waals surface area contributed by atoms with Gasteiger partial charge in [-0.05, 0) is 35.2 Å². The minimum absolute atomic E-state index is 0.0991. The van der Waals surface area contributed by atoms with Gasteiger partial charge >= 0.3 is 0 Å². The molecule has 0 aliphatic heterocycles. The highest BCUT2D eigenvalue weighted by Crippen LogP contribution is 2.29. The number of aryl methyl sites for hydroxylation is 1. The van der Waals surface area contributed by atoms with Crippen LogP contribution in [0.25, 0.3) is 10.8 Å². The lowest BCUT2D eigenvalue weighted by atomic mass is 9.90. The fraction of sp³-hybridized carbons (Fsp3) is 0.188. The van der Waals surface area contributed by atoms with E-state index >= 15 is 0 Å². The molecule has 0 aliphatic carbocycles. The first-order valence-corrected chi connectivity index (χ1v) is 5.76. The Morgan fingerprint density at radius 1 is 1.24 bits per heavy atom. The molecule has 0 fully saturated rings. The molecule has 0 spiro atoms. The van der Waals surface area contributed by atoms with E-state index in [1.54, 1.807) is 0 Å². The Hall–Kier alpha value is -2.07. The van der Waals surface area contributed by atoms with Crippen LogP contribution < -0.4 is 0 Å². The maximum atomic E-state index is 9.24. The minimum Gasteiger partial charge on any atom is -0.198 e. The molecule has 0 aliphatic rings. The van der Waals surface area contributed by atoms with Crippen molar-refractivity contribution in [1.29, 1.82) is 5.26 Å². The van der Waals surface area contributed by atoms with Gasteiger partial charge in [0.1, 0.15) is 0 Å². The first-order chi connectivity index (χ1) is 8.27. The van der Waals surface area contributed by atoms with Crippen LogP contribution in [-0.4, -0.2) is 0 Å². The highest BCUT2D eigenvalue weighted by atomic mass is 14.3. The summed E-state index contributed by atoms with van der Waals surface area (Å²) in [6.07, 6.45) is 2.51. The number of nitrogens with zero attached hydrogens (tertiary/aromatic N) is 1. The smallest absolute Gasteiger partial charge is 0.0753 e. The number of hydrogen-bond donors (Lipinski definition) is 0. The second-order valence-electron chi connectivity index (χ2n) is 4.22. The molecule has 17 heavy (non-hydrogen) atoms. The molecule has 2 aromatic carbocycles. The number of hydrogen-bond acceptors (Lipinski definition) is 1. The van der Waals surface area contributed by atoms with Gasteiger partial charge in [-0.3, -0.25) is 0 Å². The average molecular weight is 221 g/mol. The molecule has 1 nitrogen and oxygen atoms in total. The van der Waals surface area contributed by atoms with Gasteiger partial charge < -0.3 is 0 Å². The monoisotopic (exact) mass is 221 g/mol. The van der Waals surface area contributed by atoms with Crippen molar-refractivity contribution >= 4 is 10.8 Å². The highest BCUT2D eigenvalue weighted by molar-refractivity contribution is 5.89. The summed E-state index contributed by atoms with van der Waals surface area (Å²) >= 11 is 0. The van der Waals surface area contributed by atoms with Crippen molar-refractivity contribution in [2.45, 2.75) is 19.3 Å². The SMILES string of the molecule is C=CCC(C#N)c1ccc(C)c2ccccc12. The Kier molecular flexibility index (Phi) is 3.25. The molecule has 2 rings (SSSR count). The Bertz CT molecular complexity index is 590. The zero-order valence-corrected chi connectivity index (χ0v) is 9.98. The van der Waals surface area contributed by atoms with Crippen LogP contribution >= 0.6 is 0 Å². The van der Waals surface area contributed by atoms with Crippen molar-refractivity contribution < 1.29 is 0 Å². The molecule has 0 N–H and O–H groups in total. The number of benzene rings is 2. The third kappa shape index (κ3) is 2.07. The summed E-state index contributed by atoms with van der Waals surface area (Å²) in [5.41, 5.74) is 2.35. The summed E-state index contributed by atoms with van der Waals surface area (Å²) in [7, 11) is 0. The quantitative estimate of drug-likeness (QED) is 0.707. The van der Waals surface area contributed by atoms with E-state index in [1.807, 2.05) is 18.2 Å². The first-order valence-electron chi connectivity index (χ1n) is 5.76. The van der Waals surface area contributed by atoms with E-state index < -0.39 is 0 Å². The predicted molar refractivity (Wildman–Crippen MR) is 71.9 cm³/mol. The number of nitriles is 1. The van der Waals surface area contributed by atoms with Crippen LogP contribution in [0.3, 0.4) is 0 Å². The molecule has 0 saturated heterocycles. The molecular weight excluding hydrogens is 206 g/mol. The number of fused-ring (bicyclic) bond motifs is 1.